The van der Waals surface area contributed by atoms with Gasteiger partial charge in [-0.05, 0) is 64.0 Å². The zero-order valence-corrected chi connectivity index (χ0v) is 12.3. The molecule has 0 N–H and O–H groups in total. The fourth-order valence-electron chi connectivity index (χ4n) is 4.71. The Balaban J connectivity index is 1.89. The molecule has 18 heavy (non-hydrogen) atoms. The summed E-state index contributed by atoms with van der Waals surface area (Å²) in [5, 5.41) is 0. The van der Waals surface area contributed by atoms with Gasteiger partial charge in [-0.15, -0.1) is 0 Å². The lowest BCUT2D eigenvalue weighted by Gasteiger charge is -2.60. The first-order valence-corrected chi connectivity index (χ1v) is 8.07. The molecular formula is C17H29N. The molecule has 0 spiro atoms. The van der Waals surface area contributed by atoms with Gasteiger partial charge in [0.25, 0.3) is 0 Å². The van der Waals surface area contributed by atoms with Crippen molar-refractivity contribution in [2.75, 3.05) is 13.1 Å². The van der Waals surface area contributed by atoms with Crippen LogP contribution < -0.4 is 0 Å². The highest BCUT2D eigenvalue weighted by molar-refractivity contribution is 5.17. The van der Waals surface area contributed by atoms with Gasteiger partial charge in [0.1, 0.15) is 0 Å². The quantitative estimate of drug-likeness (QED) is 0.648. The van der Waals surface area contributed by atoms with E-state index in [1.54, 1.807) is 5.57 Å². The summed E-state index contributed by atoms with van der Waals surface area (Å²) in [6, 6.07) is 0. The predicted molar refractivity (Wildman–Crippen MR) is 77.7 cm³/mol. The van der Waals surface area contributed by atoms with Crippen LogP contribution >= 0.6 is 0 Å². The Morgan fingerprint density at radius 1 is 1.00 bits per heavy atom. The standard InChI is InChI=1S/C17H29N/c1-15-7-11-17(12-8-15,18-13-6-14-18)16(2)9-4-3-5-10-16/h7H,3-6,8-14H2,1-2H3. The topological polar surface area (TPSA) is 3.24 Å². The van der Waals surface area contributed by atoms with Gasteiger partial charge in [0, 0.05) is 5.54 Å². The number of likely N-dealkylation sites (tertiary alicyclic amines) is 1. The van der Waals surface area contributed by atoms with E-state index in [0.29, 0.717) is 11.0 Å². The molecule has 1 heterocycles. The molecule has 1 saturated carbocycles. The molecule has 1 atom stereocenters. The van der Waals surface area contributed by atoms with Gasteiger partial charge in [0.2, 0.25) is 0 Å². The molecule has 3 aliphatic rings. The zero-order chi connectivity index (χ0) is 12.6. The van der Waals surface area contributed by atoms with Crippen LogP contribution in [0.3, 0.4) is 0 Å². The third-order valence-electron chi connectivity index (χ3n) is 6.26. The summed E-state index contributed by atoms with van der Waals surface area (Å²) >= 11 is 0. The van der Waals surface area contributed by atoms with Crippen molar-refractivity contribution in [3.63, 3.8) is 0 Å². The minimum absolute atomic E-state index is 0.519. The van der Waals surface area contributed by atoms with E-state index in [-0.39, 0.29) is 0 Å². The molecule has 102 valence electrons. The number of rotatable bonds is 2. The summed E-state index contributed by atoms with van der Waals surface area (Å²) in [5.41, 5.74) is 2.74. The minimum atomic E-state index is 0.519. The predicted octanol–water partition coefficient (Wildman–Crippen LogP) is 4.53. The van der Waals surface area contributed by atoms with Crippen LogP contribution in [0.4, 0.5) is 0 Å². The molecule has 0 aromatic heterocycles. The summed E-state index contributed by atoms with van der Waals surface area (Å²) in [6.07, 6.45) is 15.4. The van der Waals surface area contributed by atoms with E-state index in [4.69, 9.17) is 0 Å². The van der Waals surface area contributed by atoms with Crippen LogP contribution in [0.1, 0.15) is 71.6 Å². The number of hydrogen-bond acceptors (Lipinski definition) is 1. The molecule has 0 aromatic rings. The Hall–Kier alpha value is -0.300. The van der Waals surface area contributed by atoms with Crippen molar-refractivity contribution < 1.29 is 0 Å². The molecule has 0 bridgehead atoms. The molecule has 0 aromatic carbocycles. The summed E-state index contributed by atoms with van der Waals surface area (Å²) in [5.74, 6) is 0. The highest BCUT2D eigenvalue weighted by Gasteiger charge is 2.52. The number of hydrogen-bond donors (Lipinski definition) is 0. The normalized spacial score (nSPS) is 36.9. The second-order valence-electron chi connectivity index (χ2n) is 7.25. The molecule has 1 nitrogen and oxygen atoms in total. The van der Waals surface area contributed by atoms with Crippen LogP contribution in [-0.2, 0) is 0 Å². The Labute approximate surface area is 113 Å². The maximum absolute atomic E-state index is 2.85. The minimum Gasteiger partial charge on any atom is -0.297 e. The summed E-state index contributed by atoms with van der Waals surface area (Å²) < 4.78 is 0. The average Bonchev–Trinajstić information content (AvgIpc) is 2.31. The smallest absolute Gasteiger partial charge is 0.0300 e. The van der Waals surface area contributed by atoms with Crippen LogP contribution in [0.2, 0.25) is 0 Å². The zero-order valence-electron chi connectivity index (χ0n) is 12.3. The average molecular weight is 247 g/mol. The van der Waals surface area contributed by atoms with Crippen molar-refractivity contribution in [3.05, 3.63) is 11.6 Å². The highest BCUT2D eigenvalue weighted by atomic mass is 15.3. The van der Waals surface area contributed by atoms with Gasteiger partial charge in [-0.1, -0.05) is 37.8 Å². The molecule has 0 amide bonds. The SMILES string of the molecule is CC1=CCC(N2CCC2)(C2(C)CCCCC2)CC1. The van der Waals surface area contributed by atoms with E-state index in [1.807, 2.05) is 0 Å². The van der Waals surface area contributed by atoms with Crippen LogP contribution in [0, 0.1) is 5.41 Å². The lowest BCUT2D eigenvalue weighted by Crippen LogP contribution is -2.64. The second-order valence-corrected chi connectivity index (χ2v) is 7.25. The fraction of sp³-hybridized carbons (Fsp3) is 0.882. The summed E-state index contributed by atoms with van der Waals surface area (Å²) in [7, 11) is 0. The Morgan fingerprint density at radius 2 is 1.72 bits per heavy atom. The van der Waals surface area contributed by atoms with E-state index < -0.39 is 0 Å². The van der Waals surface area contributed by atoms with Crippen molar-refractivity contribution in [1.29, 1.82) is 0 Å². The van der Waals surface area contributed by atoms with E-state index >= 15 is 0 Å². The van der Waals surface area contributed by atoms with Crippen molar-refractivity contribution in [2.45, 2.75) is 77.2 Å². The van der Waals surface area contributed by atoms with Crippen molar-refractivity contribution in [1.82, 2.24) is 4.90 Å². The van der Waals surface area contributed by atoms with Gasteiger partial charge in [-0.25, -0.2) is 0 Å². The molecule has 1 heteroatoms. The van der Waals surface area contributed by atoms with E-state index in [9.17, 15) is 0 Å². The lowest BCUT2D eigenvalue weighted by molar-refractivity contribution is -0.0864. The molecular weight excluding hydrogens is 218 g/mol. The second kappa shape index (κ2) is 4.67. The maximum atomic E-state index is 2.85. The van der Waals surface area contributed by atoms with Crippen molar-refractivity contribution >= 4 is 0 Å². The Kier molecular flexibility index (Phi) is 3.30. The Morgan fingerprint density at radius 3 is 2.22 bits per heavy atom. The molecule has 1 aliphatic heterocycles. The third-order valence-corrected chi connectivity index (χ3v) is 6.26. The fourth-order valence-corrected chi connectivity index (χ4v) is 4.71. The number of allylic oxidation sites excluding steroid dienone is 1. The highest BCUT2D eigenvalue weighted by Crippen LogP contribution is 2.54. The van der Waals surface area contributed by atoms with Crippen LogP contribution in [-0.4, -0.2) is 23.5 Å². The first kappa shape index (κ1) is 12.7. The molecule has 0 radical (unpaired) electrons. The van der Waals surface area contributed by atoms with E-state index in [0.717, 1.165) is 0 Å². The van der Waals surface area contributed by atoms with Gasteiger partial charge in [0.05, 0.1) is 0 Å². The third kappa shape index (κ3) is 1.86. The first-order chi connectivity index (χ1) is 8.66. The van der Waals surface area contributed by atoms with Gasteiger partial charge in [-0.2, -0.15) is 0 Å². The number of nitrogens with zero attached hydrogens (tertiary/aromatic N) is 1. The van der Waals surface area contributed by atoms with Crippen molar-refractivity contribution in [3.8, 4) is 0 Å². The molecule has 1 saturated heterocycles. The Bertz CT molecular complexity index is 334. The molecule has 2 aliphatic carbocycles. The molecule has 1 unspecified atom stereocenters. The lowest BCUT2D eigenvalue weighted by atomic mass is 9.57. The van der Waals surface area contributed by atoms with Crippen LogP contribution in [0.15, 0.2) is 11.6 Å². The van der Waals surface area contributed by atoms with Gasteiger partial charge >= 0.3 is 0 Å². The van der Waals surface area contributed by atoms with Gasteiger partial charge < -0.3 is 0 Å². The summed E-state index contributed by atoms with van der Waals surface area (Å²) in [6.45, 7) is 7.66. The van der Waals surface area contributed by atoms with Crippen molar-refractivity contribution in [2.24, 2.45) is 5.41 Å². The molecule has 3 rings (SSSR count). The summed E-state index contributed by atoms with van der Waals surface area (Å²) in [4.78, 5) is 2.85. The van der Waals surface area contributed by atoms with Gasteiger partial charge in [-0.3, -0.25) is 4.90 Å². The first-order valence-electron chi connectivity index (χ1n) is 8.07. The van der Waals surface area contributed by atoms with Crippen LogP contribution in [0.25, 0.3) is 0 Å². The van der Waals surface area contributed by atoms with Crippen LogP contribution in [0.5, 0.6) is 0 Å². The van der Waals surface area contributed by atoms with Gasteiger partial charge in [0.15, 0.2) is 0 Å². The maximum Gasteiger partial charge on any atom is 0.0300 e. The van der Waals surface area contributed by atoms with E-state index in [2.05, 4.69) is 24.8 Å². The largest absolute Gasteiger partial charge is 0.297 e. The monoisotopic (exact) mass is 247 g/mol. The molecule has 2 fully saturated rings. The van der Waals surface area contributed by atoms with E-state index in [1.165, 1.54) is 70.9 Å².